The lowest BCUT2D eigenvalue weighted by molar-refractivity contribution is 0.618. The summed E-state index contributed by atoms with van der Waals surface area (Å²) >= 11 is 2.52. The van der Waals surface area contributed by atoms with E-state index in [1.807, 2.05) is 0 Å². The summed E-state index contributed by atoms with van der Waals surface area (Å²) in [5.74, 6) is 0.775. The minimum Gasteiger partial charge on any atom is -0.0842 e. The molecule has 1 unspecified atom stereocenters. The van der Waals surface area contributed by atoms with E-state index >= 15 is 0 Å². The average Bonchev–Trinajstić information content (AvgIpc) is 2.30. The van der Waals surface area contributed by atoms with Gasteiger partial charge in [-0.05, 0) is 67.4 Å². The van der Waals surface area contributed by atoms with E-state index in [2.05, 4.69) is 59.0 Å². The second-order valence-corrected chi connectivity index (χ2v) is 5.59. The molecule has 1 atom stereocenters. The Labute approximate surface area is 104 Å². The molecule has 76 valence electrons. The molecule has 0 aromatic heterocycles. The zero-order valence-corrected chi connectivity index (χ0v) is 10.7. The van der Waals surface area contributed by atoms with Gasteiger partial charge >= 0.3 is 0 Å². The maximum absolute atomic E-state index is 2.52. The van der Waals surface area contributed by atoms with Gasteiger partial charge in [-0.2, -0.15) is 0 Å². The smallest absolute Gasteiger partial charge is 0.000949 e. The number of halogens is 1. The predicted molar refractivity (Wildman–Crippen MR) is 73.0 cm³/mol. The molecule has 15 heavy (non-hydrogen) atoms. The summed E-state index contributed by atoms with van der Waals surface area (Å²) in [6.07, 6.45) is 8.49. The number of rotatable bonds is 0. The van der Waals surface area contributed by atoms with E-state index in [9.17, 15) is 0 Å². The summed E-state index contributed by atoms with van der Waals surface area (Å²) in [6.45, 7) is 0. The third-order valence-electron chi connectivity index (χ3n) is 3.37. The van der Waals surface area contributed by atoms with Crippen molar-refractivity contribution in [3.63, 3.8) is 0 Å². The first-order chi connectivity index (χ1) is 7.36. The van der Waals surface area contributed by atoms with Gasteiger partial charge in [-0.25, -0.2) is 0 Å². The molecule has 0 fully saturated rings. The van der Waals surface area contributed by atoms with Crippen LogP contribution in [0.1, 0.15) is 19.3 Å². The Hall–Kier alpha value is -0.570. The third kappa shape index (κ3) is 1.57. The Morgan fingerprint density at radius 1 is 1.13 bits per heavy atom. The summed E-state index contributed by atoms with van der Waals surface area (Å²) in [5.41, 5.74) is 1.57. The lowest BCUT2D eigenvalue weighted by Crippen LogP contribution is -2.34. The predicted octanol–water partition coefficient (Wildman–Crippen LogP) is 2.75. The van der Waals surface area contributed by atoms with Crippen LogP contribution >= 0.6 is 22.6 Å². The molecule has 3 rings (SSSR count). The lowest BCUT2D eigenvalue weighted by atomic mass is 9.82. The van der Waals surface area contributed by atoms with Crippen LogP contribution in [0, 0.1) is 5.92 Å². The molecular formula is C14H13I. The average molecular weight is 308 g/mol. The van der Waals surface area contributed by atoms with Gasteiger partial charge in [0.25, 0.3) is 0 Å². The maximum Gasteiger partial charge on any atom is -0.000949 e. The molecule has 1 aromatic rings. The summed E-state index contributed by atoms with van der Waals surface area (Å²) < 4.78 is 1.53. The van der Waals surface area contributed by atoms with Crippen LogP contribution in [0.25, 0.3) is 9.15 Å². The van der Waals surface area contributed by atoms with Crippen LogP contribution in [-0.4, -0.2) is 0 Å². The highest BCUT2D eigenvalue weighted by Gasteiger charge is 2.20. The molecule has 1 heteroatoms. The van der Waals surface area contributed by atoms with Gasteiger partial charge in [-0.3, -0.25) is 0 Å². The zero-order valence-electron chi connectivity index (χ0n) is 8.54. The van der Waals surface area contributed by atoms with Gasteiger partial charge in [0.1, 0.15) is 0 Å². The maximum atomic E-state index is 2.52. The van der Waals surface area contributed by atoms with Crippen LogP contribution in [-0.2, 0) is 0 Å². The molecule has 0 saturated carbocycles. The topological polar surface area (TPSA) is 0 Å². The first kappa shape index (κ1) is 9.64. The Morgan fingerprint density at radius 3 is 2.80 bits per heavy atom. The molecule has 0 amide bonds. The van der Waals surface area contributed by atoms with Crippen molar-refractivity contribution < 1.29 is 0 Å². The summed E-state index contributed by atoms with van der Waals surface area (Å²) in [5, 5.41) is 2.92. The van der Waals surface area contributed by atoms with Crippen molar-refractivity contribution in [2.75, 3.05) is 0 Å². The quantitative estimate of drug-likeness (QED) is 0.647. The molecule has 2 aliphatic carbocycles. The molecule has 0 nitrogen and oxygen atoms in total. The summed E-state index contributed by atoms with van der Waals surface area (Å²) in [6, 6.07) is 8.82. The van der Waals surface area contributed by atoms with Crippen LogP contribution in [0.5, 0.6) is 0 Å². The van der Waals surface area contributed by atoms with E-state index < -0.39 is 0 Å². The highest BCUT2D eigenvalue weighted by Crippen LogP contribution is 2.33. The first-order valence-electron chi connectivity index (χ1n) is 5.51. The van der Waals surface area contributed by atoms with Gasteiger partial charge in [0, 0.05) is 0 Å². The SMILES string of the molecule is IC1=c2ccccc2=C2C=CCCC2C1. The minimum absolute atomic E-state index is 0.775. The van der Waals surface area contributed by atoms with E-state index in [0.717, 1.165) is 5.92 Å². The van der Waals surface area contributed by atoms with Gasteiger partial charge in [0.2, 0.25) is 0 Å². The third-order valence-corrected chi connectivity index (χ3v) is 4.40. The van der Waals surface area contributed by atoms with Crippen molar-refractivity contribution in [1.82, 2.24) is 0 Å². The van der Waals surface area contributed by atoms with Gasteiger partial charge < -0.3 is 0 Å². The second-order valence-electron chi connectivity index (χ2n) is 4.29. The van der Waals surface area contributed by atoms with Crippen LogP contribution < -0.4 is 10.4 Å². The number of allylic oxidation sites excluding steroid dienone is 2. The minimum atomic E-state index is 0.775. The van der Waals surface area contributed by atoms with Gasteiger partial charge in [-0.1, -0.05) is 36.4 Å². The Balaban J connectivity index is 2.42. The molecule has 1 aromatic carbocycles. The lowest BCUT2D eigenvalue weighted by Gasteiger charge is -2.24. The van der Waals surface area contributed by atoms with Crippen molar-refractivity contribution in [2.45, 2.75) is 19.3 Å². The van der Waals surface area contributed by atoms with Crippen molar-refractivity contribution >= 4 is 31.7 Å². The van der Waals surface area contributed by atoms with Gasteiger partial charge in [0.05, 0.1) is 0 Å². The zero-order chi connectivity index (χ0) is 10.3. The normalized spacial score (nSPS) is 23.7. The van der Waals surface area contributed by atoms with E-state index in [1.54, 1.807) is 5.57 Å². The molecule has 0 saturated heterocycles. The van der Waals surface area contributed by atoms with Crippen molar-refractivity contribution in [2.24, 2.45) is 5.92 Å². The second kappa shape index (κ2) is 3.78. The van der Waals surface area contributed by atoms with Crippen LogP contribution in [0.15, 0.2) is 36.4 Å². The number of hydrogen-bond acceptors (Lipinski definition) is 0. The van der Waals surface area contributed by atoms with E-state index in [4.69, 9.17) is 0 Å². The van der Waals surface area contributed by atoms with Crippen molar-refractivity contribution in [1.29, 1.82) is 0 Å². The van der Waals surface area contributed by atoms with Crippen molar-refractivity contribution in [3.05, 3.63) is 46.9 Å². The van der Waals surface area contributed by atoms with E-state index in [0.29, 0.717) is 0 Å². The summed E-state index contributed by atoms with van der Waals surface area (Å²) in [4.78, 5) is 0. The highest BCUT2D eigenvalue weighted by atomic mass is 127. The number of benzene rings is 1. The first-order valence-corrected chi connectivity index (χ1v) is 6.58. The molecule has 0 radical (unpaired) electrons. The molecule has 2 aliphatic rings. The summed E-state index contributed by atoms with van der Waals surface area (Å²) in [7, 11) is 0. The van der Waals surface area contributed by atoms with Crippen LogP contribution in [0.4, 0.5) is 0 Å². The highest BCUT2D eigenvalue weighted by molar-refractivity contribution is 14.1. The van der Waals surface area contributed by atoms with Gasteiger partial charge in [-0.15, -0.1) is 0 Å². The number of fused-ring (bicyclic) bond motifs is 2. The number of hydrogen-bond donors (Lipinski definition) is 0. The monoisotopic (exact) mass is 308 g/mol. The Morgan fingerprint density at radius 2 is 1.93 bits per heavy atom. The molecule has 0 spiro atoms. The molecule has 0 aliphatic heterocycles. The fourth-order valence-electron chi connectivity index (χ4n) is 2.62. The Bertz CT molecular complexity index is 537. The molecule has 0 heterocycles. The van der Waals surface area contributed by atoms with E-state index in [-0.39, 0.29) is 0 Å². The van der Waals surface area contributed by atoms with Crippen LogP contribution in [0.3, 0.4) is 0 Å². The fourth-order valence-corrected chi connectivity index (χ4v) is 3.62. The van der Waals surface area contributed by atoms with Crippen LogP contribution in [0.2, 0.25) is 0 Å². The fraction of sp³-hybridized carbons (Fsp3) is 0.286. The molecule has 0 N–H and O–H groups in total. The van der Waals surface area contributed by atoms with Crippen molar-refractivity contribution in [3.8, 4) is 0 Å². The molecular weight excluding hydrogens is 295 g/mol. The Kier molecular flexibility index (Phi) is 2.43. The van der Waals surface area contributed by atoms with Gasteiger partial charge in [0.15, 0.2) is 0 Å². The largest absolute Gasteiger partial charge is 0.0842 e. The standard InChI is InChI=1S/C14H13I/c15-14-9-10-5-1-2-6-11(10)12-7-3-4-8-13(12)14/h2-4,6-8,10H,1,5,9H2. The van der Waals surface area contributed by atoms with E-state index in [1.165, 1.54) is 33.3 Å². The molecule has 0 bridgehead atoms.